The predicted octanol–water partition coefficient (Wildman–Crippen LogP) is 0.483. The van der Waals surface area contributed by atoms with Gasteiger partial charge in [-0.15, -0.1) is 0 Å². The summed E-state index contributed by atoms with van der Waals surface area (Å²) in [5.41, 5.74) is 5.54. The highest BCUT2D eigenvalue weighted by atomic mass is 16.4. The Balaban J connectivity index is 3.68. The second-order valence-electron chi connectivity index (χ2n) is 3.71. The van der Waals surface area contributed by atoms with E-state index in [9.17, 15) is 9.59 Å². The van der Waals surface area contributed by atoms with Crippen molar-refractivity contribution in [1.82, 2.24) is 5.32 Å². The van der Waals surface area contributed by atoms with Gasteiger partial charge < -0.3 is 16.2 Å². The molecule has 5 heteroatoms. The molecule has 0 aromatic carbocycles. The fourth-order valence-corrected chi connectivity index (χ4v) is 1.17. The summed E-state index contributed by atoms with van der Waals surface area (Å²) in [6.07, 6.45) is 1.97. The molecule has 0 saturated carbocycles. The summed E-state index contributed by atoms with van der Waals surface area (Å²) < 4.78 is 0. The van der Waals surface area contributed by atoms with Crippen LogP contribution >= 0.6 is 0 Å². The molecule has 0 radical (unpaired) electrons. The SMILES string of the molecule is CCC(N)C(=O)NC(C)CCCC(=O)O. The highest BCUT2D eigenvalue weighted by Gasteiger charge is 2.13. The van der Waals surface area contributed by atoms with Gasteiger partial charge in [-0.2, -0.15) is 0 Å². The molecule has 2 atom stereocenters. The highest BCUT2D eigenvalue weighted by Crippen LogP contribution is 2.01. The van der Waals surface area contributed by atoms with E-state index in [1.165, 1.54) is 0 Å². The minimum Gasteiger partial charge on any atom is -0.481 e. The third kappa shape index (κ3) is 6.90. The van der Waals surface area contributed by atoms with Crippen molar-refractivity contribution >= 4 is 11.9 Å². The molecular formula is C10H20N2O3. The van der Waals surface area contributed by atoms with Gasteiger partial charge in [-0.25, -0.2) is 0 Å². The molecule has 0 saturated heterocycles. The van der Waals surface area contributed by atoms with E-state index in [0.29, 0.717) is 19.3 Å². The van der Waals surface area contributed by atoms with Gasteiger partial charge in [0.15, 0.2) is 0 Å². The molecule has 4 N–H and O–H groups in total. The fourth-order valence-electron chi connectivity index (χ4n) is 1.17. The quantitative estimate of drug-likeness (QED) is 0.577. The molecule has 0 heterocycles. The van der Waals surface area contributed by atoms with E-state index in [1.54, 1.807) is 0 Å². The number of amides is 1. The van der Waals surface area contributed by atoms with Crippen LogP contribution < -0.4 is 11.1 Å². The first-order valence-electron chi connectivity index (χ1n) is 5.25. The van der Waals surface area contributed by atoms with E-state index in [1.807, 2.05) is 13.8 Å². The van der Waals surface area contributed by atoms with Crippen LogP contribution in [0.2, 0.25) is 0 Å². The van der Waals surface area contributed by atoms with Crippen LogP contribution in [0.1, 0.15) is 39.5 Å². The molecule has 0 aliphatic carbocycles. The maximum absolute atomic E-state index is 11.3. The zero-order valence-electron chi connectivity index (χ0n) is 9.32. The molecular weight excluding hydrogens is 196 g/mol. The molecule has 0 fully saturated rings. The van der Waals surface area contributed by atoms with E-state index < -0.39 is 12.0 Å². The molecule has 5 nitrogen and oxygen atoms in total. The maximum Gasteiger partial charge on any atom is 0.303 e. The van der Waals surface area contributed by atoms with E-state index in [0.717, 1.165) is 0 Å². The normalized spacial score (nSPS) is 14.3. The van der Waals surface area contributed by atoms with E-state index in [-0.39, 0.29) is 18.4 Å². The van der Waals surface area contributed by atoms with Gasteiger partial charge in [-0.1, -0.05) is 6.92 Å². The molecule has 0 aliphatic rings. The van der Waals surface area contributed by atoms with Crippen molar-refractivity contribution in [2.45, 2.75) is 51.6 Å². The summed E-state index contributed by atoms with van der Waals surface area (Å²) in [7, 11) is 0. The first kappa shape index (κ1) is 13.9. The lowest BCUT2D eigenvalue weighted by atomic mass is 10.1. The van der Waals surface area contributed by atoms with Crippen molar-refractivity contribution in [3.05, 3.63) is 0 Å². The van der Waals surface area contributed by atoms with Crippen molar-refractivity contribution in [3.8, 4) is 0 Å². The molecule has 0 aromatic heterocycles. The summed E-state index contributed by atoms with van der Waals surface area (Å²) in [4.78, 5) is 21.6. The number of nitrogens with two attached hydrogens (primary N) is 1. The van der Waals surface area contributed by atoms with Gasteiger partial charge in [-0.05, 0) is 26.2 Å². The van der Waals surface area contributed by atoms with Crippen molar-refractivity contribution in [3.63, 3.8) is 0 Å². The third-order valence-corrected chi connectivity index (χ3v) is 2.19. The first-order valence-corrected chi connectivity index (χ1v) is 5.25. The number of carbonyl (C=O) groups excluding carboxylic acids is 1. The monoisotopic (exact) mass is 216 g/mol. The summed E-state index contributed by atoms with van der Waals surface area (Å²) in [5.74, 6) is -0.973. The fraction of sp³-hybridized carbons (Fsp3) is 0.800. The van der Waals surface area contributed by atoms with Crippen molar-refractivity contribution < 1.29 is 14.7 Å². The number of carboxylic acids is 1. The van der Waals surface area contributed by atoms with Crippen LogP contribution in [0.5, 0.6) is 0 Å². The number of hydrogen-bond donors (Lipinski definition) is 3. The zero-order chi connectivity index (χ0) is 11.8. The van der Waals surface area contributed by atoms with E-state index >= 15 is 0 Å². The Bertz CT molecular complexity index is 219. The van der Waals surface area contributed by atoms with E-state index in [4.69, 9.17) is 10.8 Å². The Kier molecular flexibility index (Phi) is 6.70. The average molecular weight is 216 g/mol. The Morgan fingerprint density at radius 1 is 1.47 bits per heavy atom. The number of rotatable bonds is 7. The van der Waals surface area contributed by atoms with Crippen LogP contribution in [0.25, 0.3) is 0 Å². The lowest BCUT2D eigenvalue weighted by molar-refractivity contribution is -0.137. The summed E-state index contributed by atoms with van der Waals surface area (Å²) >= 11 is 0. The molecule has 88 valence electrons. The first-order chi connectivity index (χ1) is 6.97. The van der Waals surface area contributed by atoms with Gasteiger partial charge in [0.25, 0.3) is 0 Å². The average Bonchev–Trinajstić information content (AvgIpc) is 2.15. The van der Waals surface area contributed by atoms with Crippen LogP contribution in [-0.2, 0) is 9.59 Å². The standard InChI is InChI=1S/C10H20N2O3/c1-3-8(11)10(15)12-7(2)5-4-6-9(13)14/h7-8H,3-6,11H2,1-2H3,(H,12,15)(H,13,14). The zero-order valence-corrected chi connectivity index (χ0v) is 9.32. The molecule has 1 amide bonds. The van der Waals surface area contributed by atoms with Crippen molar-refractivity contribution in [1.29, 1.82) is 0 Å². The number of carbonyl (C=O) groups is 2. The molecule has 0 rings (SSSR count). The van der Waals surface area contributed by atoms with Crippen LogP contribution in [0.4, 0.5) is 0 Å². The Morgan fingerprint density at radius 3 is 2.53 bits per heavy atom. The predicted molar refractivity (Wildman–Crippen MR) is 57.4 cm³/mol. The minimum atomic E-state index is -0.807. The van der Waals surface area contributed by atoms with Gasteiger partial charge in [0.1, 0.15) is 0 Å². The Morgan fingerprint density at radius 2 is 2.07 bits per heavy atom. The number of carboxylic acid groups (broad SMARTS) is 1. The van der Waals surface area contributed by atoms with Gasteiger partial charge in [0.05, 0.1) is 6.04 Å². The minimum absolute atomic E-state index is 0.0190. The van der Waals surface area contributed by atoms with Gasteiger partial charge in [0, 0.05) is 12.5 Å². The summed E-state index contributed by atoms with van der Waals surface area (Å²) in [5, 5.41) is 11.2. The van der Waals surface area contributed by atoms with E-state index in [2.05, 4.69) is 5.32 Å². The van der Waals surface area contributed by atoms with Crippen LogP contribution in [-0.4, -0.2) is 29.1 Å². The summed E-state index contributed by atoms with van der Waals surface area (Å²) in [6.45, 7) is 3.70. The molecule has 0 bridgehead atoms. The number of hydrogen-bond acceptors (Lipinski definition) is 3. The molecule has 15 heavy (non-hydrogen) atoms. The Hall–Kier alpha value is -1.10. The molecule has 0 aliphatic heterocycles. The topological polar surface area (TPSA) is 92.4 Å². The number of nitrogens with one attached hydrogen (secondary N) is 1. The number of aliphatic carboxylic acids is 1. The largest absolute Gasteiger partial charge is 0.481 e. The van der Waals surface area contributed by atoms with Crippen LogP contribution in [0, 0.1) is 0 Å². The van der Waals surface area contributed by atoms with Gasteiger partial charge in [-0.3, -0.25) is 9.59 Å². The van der Waals surface area contributed by atoms with Crippen molar-refractivity contribution in [2.75, 3.05) is 0 Å². The molecule has 2 unspecified atom stereocenters. The van der Waals surface area contributed by atoms with Gasteiger partial charge in [0.2, 0.25) is 5.91 Å². The van der Waals surface area contributed by atoms with Crippen LogP contribution in [0.15, 0.2) is 0 Å². The summed E-state index contributed by atoms with van der Waals surface area (Å²) in [6, 6.07) is -0.485. The molecule has 0 aromatic rings. The maximum atomic E-state index is 11.3. The van der Waals surface area contributed by atoms with Gasteiger partial charge >= 0.3 is 5.97 Å². The Labute approximate surface area is 90.0 Å². The lowest BCUT2D eigenvalue weighted by Crippen LogP contribution is -2.44. The smallest absolute Gasteiger partial charge is 0.303 e. The second kappa shape index (κ2) is 7.23. The lowest BCUT2D eigenvalue weighted by Gasteiger charge is -2.16. The molecule has 0 spiro atoms. The highest BCUT2D eigenvalue weighted by molar-refractivity contribution is 5.81. The third-order valence-electron chi connectivity index (χ3n) is 2.19. The van der Waals surface area contributed by atoms with Crippen molar-refractivity contribution in [2.24, 2.45) is 5.73 Å². The second-order valence-corrected chi connectivity index (χ2v) is 3.71. The van der Waals surface area contributed by atoms with Crippen LogP contribution in [0.3, 0.4) is 0 Å².